The smallest absolute Gasteiger partial charge is 0.321 e. The molecule has 1 unspecified atom stereocenters. The number of nitrogens with zero attached hydrogens (tertiary/aromatic N) is 1. The van der Waals surface area contributed by atoms with E-state index in [1.807, 2.05) is 19.1 Å². The second kappa shape index (κ2) is 7.43. The van der Waals surface area contributed by atoms with Gasteiger partial charge in [-0.25, -0.2) is 0 Å². The lowest BCUT2D eigenvalue weighted by Crippen LogP contribution is -2.53. The first-order chi connectivity index (χ1) is 11.4. The highest BCUT2D eigenvalue weighted by molar-refractivity contribution is 6.12. The summed E-state index contributed by atoms with van der Waals surface area (Å²) in [6, 6.07) is 7.19. The lowest BCUT2D eigenvalue weighted by atomic mass is 9.80. The van der Waals surface area contributed by atoms with Gasteiger partial charge in [-0.3, -0.25) is 19.3 Å². The van der Waals surface area contributed by atoms with Gasteiger partial charge in [0.2, 0.25) is 5.91 Å². The van der Waals surface area contributed by atoms with E-state index in [2.05, 4.69) is 6.58 Å². The Labute approximate surface area is 142 Å². The van der Waals surface area contributed by atoms with Gasteiger partial charge in [0, 0.05) is 12.1 Å². The standard InChI is InChI=1S/C19H23NO4/c1-4-13-24-18(23)19(3)11-6-12-20(17(19)22)16(21)15-9-7-14(5-2)8-10-15/h4,7-10H,1,5-6,11-13H2,2-3H3. The summed E-state index contributed by atoms with van der Waals surface area (Å²) in [6.07, 6.45) is 3.28. The zero-order valence-electron chi connectivity index (χ0n) is 14.2. The molecule has 0 N–H and O–H groups in total. The molecule has 0 saturated carbocycles. The van der Waals surface area contributed by atoms with E-state index in [0.717, 1.165) is 12.0 Å². The average Bonchev–Trinajstić information content (AvgIpc) is 2.61. The number of aryl methyl sites for hydroxylation is 1. The topological polar surface area (TPSA) is 63.7 Å². The molecule has 0 aliphatic carbocycles. The van der Waals surface area contributed by atoms with Crippen molar-refractivity contribution in [2.24, 2.45) is 5.41 Å². The van der Waals surface area contributed by atoms with Crippen LogP contribution in [0.4, 0.5) is 0 Å². The Bertz CT molecular complexity index is 650. The van der Waals surface area contributed by atoms with E-state index in [1.165, 1.54) is 11.0 Å². The van der Waals surface area contributed by atoms with Crippen LogP contribution in [-0.4, -0.2) is 35.8 Å². The van der Waals surface area contributed by atoms with Gasteiger partial charge in [0.05, 0.1) is 0 Å². The number of hydrogen-bond donors (Lipinski definition) is 0. The number of ether oxygens (including phenoxy) is 1. The molecule has 5 nitrogen and oxygen atoms in total. The highest BCUT2D eigenvalue weighted by atomic mass is 16.5. The SMILES string of the molecule is C=CCOC(=O)C1(C)CCCN(C(=O)c2ccc(CC)cc2)C1=O. The van der Waals surface area contributed by atoms with Crippen molar-refractivity contribution in [1.29, 1.82) is 0 Å². The molecule has 1 fully saturated rings. The molecule has 0 bridgehead atoms. The van der Waals surface area contributed by atoms with Crippen LogP contribution in [0.15, 0.2) is 36.9 Å². The molecule has 2 rings (SSSR count). The van der Waals surface area contributed by atoms with Gasteiger partial charge in [-0.2, -0.15) is 0 Å². The minimum atomic E-state index is -1.32. The molecule has 1 heterocycles. The fourth-order valence-electron chi connectivity index (χ4n) is 2.81. The van der Waals surface area contributed by atoms with Crippen LogP contribution in [0, 0.1) is 5.41 Å². The fraction of sp³-hybridized carbons (Fsp3) is 0.421. The van der Waals surface area contributed by atoms with Crippen LogP contribution in [0.1, 0.15) is 42.6 Å². The molecule has 1 aliphatic heterocycles. The Morgan fingerprint density at radius 1 is 1.33 bits per heavy atom. The number of imide groups is 1. The normalized spacial score (nSPS) is 20.6. The molecule has 5 heteroatoms. The second-order valence-electron chi connectivity index (χ2n) is 6.14. The summed E-state index contributed by atoms with van der Waals surface area (Å²) in [5.41, 5.74) is 0.249. The van der Waals surface area contributed by atoms with Crippen LogP contribution in [0.5, 0.6) is 0 Å². The number of likely N-dealkylation sites (tertiary alicyclic amines) is 1. The van der Waals surface area contributed by atoms with E-state index in [9.17, 15) is 14.4 Å². The third kappa shape index (κ3) is 3.40. The largest absolute Gasteiger partial charge is 0.461 e. The lowest BCUT2D eigenvalue weighted by Gasteiger charge is -2.36. The highest BCUT2D eigenvalue weighted by Crippen LogP contribution is 2.33. The fourth-order valence-corrected chi connectivity index (χ4v) is 2.81. The van der Waals surface area contributed by atoms with Crippen molar-refractivity contribution < 1.29 is 19.1 Å². The molecule has 1 saturated heterocycles. The number of rotatable bonds is 5. The minimum absolute atomic E-state index is 0.0497. The Morgan fingerprint density at radius 2 is 2.00 bits per heavy atom. The molecule has 128 valence electrons. The predicted octanol–water partition coefficient (Wildman–Crippen LogP) is 2.75. The van der Waals surface area contributed by atoms with E-state index in [0.29, 0.717) is 24.9 Å². The van der Waals surface area contributed by atoms with Crippen molar-refractivity contribution in [3.8, 4) is 0 Å². The van der Waals surface area contributed by atoms with Gasteiger partial charge in [-0.15, -0.1) is 0 Å². The zero-order chi connectivity index (χ0) is 17.7. The maximum Gasteiger partial charge on any atom is 0.321 e. The molecule has 0 spiro atoms. The summed E-state index contributed by atoms with van der Waals surface area (Å²) in [7, 11) is 0. The number of amides is 2. The van der Waals surface area contributed by atoms with Gasteiger partial charge in [0.15, 0.2) is 0 Å². The van der Waals surface area contributed by atoms with E-state index < -0.39 is 17.3 Å². The van der Waals surface area contributed by atoms with E-state index in [1.54, 1.807) is 19.1 Å². The van der Waals surface area contributed by atoms with Crippen molar-refractivity contribution in [1.82, 2.24) is 4.90 Å². The third-order valence-corrected chi connectivity index (χ3v) is 4.41. The highest BCUT2D eigenvalue weighted by Gasteiger charge is 2.49. The number of esters is 1. The second-order valence-corrected chi connectivity index (χ2v) is 6.14. The first kappa shape index (κ1) is 17.9. The van der Waals surface area contributed by atoms with E-state index in [4.69, 9.17) is 4.74 Å². The van der Waals surface area contributed by atoms with Crippen LogP contribution >= 0.6 is 0 Å². The van der Waals surface area contributed by atoms with Crippen LogP contribution in [-0.2, 0) is 20.7 Å². The summed E-state index contributed by atoms with van der Waals surface area (Å²) in [5.74, 6) is -1.47. The summed E-state index contributed by atoms with van der Waals surface area (Å²) < 4.78 is 5.05. The van der Waals surface area contributed by atoms with Crippen LogP contribution in [0.2, 0.25) is 0 Å². The molecule has 0 aromatic heterocycles. The average molecular weight is 329 g/mol. The van der Waals surface area contributed by atoms with Crippen LogP contribution < -0.4 is 0 Å². The number of hydrogen-bond acceptors (Lipinski definition) is 4. The molecular weight excluding hydrogens is 306 g/mol. The monoisotopic (exact) mass is 329 g/mol. The van der Waals surface area contributed by atoms with Gasteiger partial charge < -0.3 is 4.74 Å². The zero-order valence-corrected chi connectivity index (χ0v) is 14.2. The van der Waals surface area contributed by atoms with Crippen molar-refractivity contribution in [2.75, 3.05) is 13.2 Å². The first-order valence-corrected chi connectivity index (χ1v) is 8.17. The molecule has 1 aromatic carbocycles. The Kier molecular flexibility index (Phi) is 5.54. The summed E-state index contributed by atoms with van der Waals surface area (Å²) >= 11 is 0. The van der Waals surface area contributed by atoms with Crippen LogP contribution in [0.25, 0.3) is 0 Å². The molecule has 1 aromatic rings. The van der Waals surface area contributed by atoms with Gasteiger partial charge in [-0.05, 0) is 43.9 Å². The molecule has 1 atom stereocenters. The Balaban J connectivity index is 2.20. The lowest BCUT2D eigenvalue weighted by molar-refractivity contribution is -0.165. The van der Waals surface area contributed by atoms with Crippen molar-refractivity contribution in [3.63, 3.8) is 0 Å². The van der Waals surface area contributed by atoms with Gasteiger partial charge in [-0.1, -0.05) is 31.7 Å². The van der Waals surface area contributed by atoms with Gasteiger partial charge >= 0.3 is 5.97 Å². The summed E-state index contributed by atoms with van der Waals surface area (Å²) in [4.78, 5) is 38.9. The maximum absolute atomic E-state index is 12.8. The van der Waals surface area contributed by atoms with Crippen molar-refractivity contribution in [2.45, 2.75) is 33.1 Å². The van der Waals surface area contributed by atoms with Gasteiger partial charge in [0.1, 0.15) is 12.0 Å². The molecular formula is C19H23NO4. The maximum atomic E-state index is 12.8. The van der Waals surface area contributed by atoms with Crippen LogP contribution in [0.3, 0.4) is 0 Å². The molecule has 0 radical (unpaired) electrons. The quantitative estimate of drug-likeness (QED) is 0.361. The van der Waals surface area contributed by atoms with Gasteiger partial charge in [0.25, 0.3) is 5.91 Å². The van der Waals surface area contributed by atoms with E-state index in [-0.39, 0.29) is 12.5 Å². The number of carbonyl (C=O) groups is 3. The molecule has 2 amide bonds. The summed E-state index contributed by atoms with van der Waals surface area (Å²) in [5, 5.41) is 0. The summed E-state index contributed by atoms with van der Waals surface area (Å²) in [6.45, 7) is 7.43. The van der Waals surface area contributed by atoms with Crippen molar-refractivity contribution >= 4 is 17.8 Å². The predicted molar refractivity (Wildman–Crippen MR) is 90.4 cm³/mol. The van der Waals surface area contributed by atoms with E-state index >= 15 is 0 Å². The first-order valence-electron chi connectivity index (χ1n) is 8.17. The molecule has 24 heavy (non-hydrogen) atoms. The Hall–Kier alpha value is -2.43. The minimum Gasteiger partial charge on any atom is -0.461 e. The number of carbonyl (C=O) groups excluding carboxylic acids is 3. The Morgan fingerprint density at radius 3 is 2.58 bits per heavy atom. The van der Waals surface area contributed by atoms with Crippen molar-refractivity contribution in [3.05, 3.63) is 48.0 Å². The molecule has 1 aliphatic rings. The number of benzene rings is 1. The third-order valence-electron chi connectivity index (χ3n) is 4.41. The number of piperidine rings is 1.